The van der Waals surface area contributed by atoms with E-state index in [2.05, 4.69) is 22.3 Å². The van der Waals surface area contributed by atoms with E-state index in [4.69, 9.17) is 0 Å². The maximum absolute atomic E-state index is 12.1. The summed E-state index contributed by atoms with van der Waals surface area (Å²) in [5.41, 5.74) is 0.415. The fourth-order valence-electron chi connectivity index (χ4n) is 3.16. The summed E-state index contributed by atoms with van der Waals surface area (Å²) < 4.78 is 1.19. The van der Waals surface area contributed by atoms with Gasteiger partial charge in [0, 0.05) is 25.1 Å². The number of amides is 1. The monoisotopic (exact) mass is 316 g/mol. The molecular formula is C14H16N6O3. The van der Waals surface area contributed by atoms with Crippen molar-refractivity contribution < 1.29 is 9.72 Å². The third-order valence-corrected chi connectivity index (χ3v) is 4.51. The fourth-order valence-corrected chi connectivity index (χ4v) is 3.16. The molecule has 2 aromatic heterocycles. The van der Waals surface area contributed by atoms with Crippen LogP contribution in [0.3, 0.4) is 0 Å². The van der Waals surface area contributed by atoms with Crippen LogP contribution in [0.5, 0.6) is 0 Å². The Morgan fingerprint density at radius 2 is 2.22 bits per heavy atom. The molecule has 1 amide bonds. The number of fused-ring (bicyclic) bond motifs is 1. The minimum absolute atomic E-state index is 0.0252. The lowest BCUT2D eigenvalue weighted by molar-refractivity contribution is -0.391. The van der Waals surface area contributed by atoms with Crippen molar-refractivity contribution in [3.05, 3.63) is 28.4 Å². The minimum Gasteiger partial charge on any atom is -0.362 e. The number of nitrogens with zero attached hydrogens (tertiary/aromatic N) is 5. The molecule has 2 aromatic rings. The number of likely N-dealkylation sites (tertiary alicyclic amines) is 1. The summed E-state index contributed by atoms with van der Waals surface area (Å²) >= 11 is 0. The molecule has 2 fully saturated rings. The highest BCUT2D eigenvalue weighted by molar-refractivity contribution is 5.80. The molecule has 2 aliphatic rings. The number of carbonyl (C=O) groups is 1. The third-order valence-electron chi connectivity index (χ3n) is 4.51. The van der Waals surface area contributed by atoms with Crippen LogP contribution in [0.4, 0.5) is 11.6 Å². The van der Waals surface area contributed by atoms with Gasteiger partial charge in [-0.1, -0.05) is 16.5 Å². The Labute approximate surface area is 131 Å². The first-order valence-electron chi connectivity index (χ1n) is 7.58. The molecule has 1 aliphatic carbocycles. The van der Waals surface area contributed by atoms with E-state index < -0.39 is 4.92 Å². The lowest BCUT2D eigenvalue weighted by atomic mass is 10.2. The molecule has 9 heteroatoms. The van der Waals surface area contributed by atoms with Crippen LogP contribution in [0.2, 0.25) is 0 Å². The maximum atomic E-state index is 12.1. The summed E-state index contributed by atoms with van der Waals surface area (Å²) in [7, 11) is 0. The lowest BCUT2D eigenvalue weighted by Gasteiger charge is -2.16. The number of hydrogen-bond acceptors (Lipinski definition) is 6. The van der Waals surface area contributed by atoms with Gasteiger partial charge in [0.25, 0.3) is 0 Å². The second-order valence-electron chi connectivity index (χ2n) is 6.23. The van der Waals surface area contributed by atoms with Crippen LogP contribution >= 0.6 is 0 Å². The largest absolute Gasteiger partial charge is 0.368 e. The number of imidazole rings is 1. The van der Waals surface area contributed by atoms with Gasteiger partial charge in [-0.25, -0.2) is 4.98 Å². The van der Waals surface area contributed by atoms with Gasteiger partial charge in [0.2, 0.25) is 11.6 Å². The van der Waals surface area contributed by atoms with E-state index in [9.17, 15) is 14.9 Å². The number of rotatable bonds is 4. The first kappa shape index (κ1) is 13.9. The molecule has 3 heterocycles. The van der Waals surface area contributed by atoms with Gasteiger partial charge < -0.3 is 20.3 Å². The molecule has 4 rings (SSSR count). The summed E-state index contributed by atoms with van der Waals surface area (Å²) in [4.78, 5) is 28.4. The zero-order valence-corrected chi connectivity index (χ0v) is 12.5. The van der Waals surface area contributed by atoms with Crippen molar-refractivity contribution in [1.82, 2.24) is 19.5 Å². The molecule has 9 nitrogen and oxygen atoms in total. The molecule has 0 radical (unpaired) electrons. The first-order valence-corrected chi connectivity index (χ1v) is 7.58. The Bertz CT molecular complexity index is 803. The molecule has 3 atom stereocenters. The zero-order chi connectivity index (χ0) is 16.1. The number of anilines is 1. The van der Waals surface area contributed by atoms with Crippen molar-refractivity contribution in [3.8, 4) is 0 Å². The first-order chi connectivity index (χ1) is 11.0. The van der Waals surface area contributed by atoms with Crippen molar-refractivity contribution in [2.45, 2.75) is 31.8 Å². The average Bonchev–Trinajstić information content (AvgIpc) is 2.93. The van der Waals surface area contributed by atoms with E-state index in [0.717, 1.165) is 6.42 Å². The van der Waals surface area contributed by atoms with Crippen LogP contribution < -0.4 is 5.32 Å². The summed E-state index contributed by atoms with van der Waals surface area (Å²) in [6.07, 6.45) is 2.68. The Morgan fingerprint density at radius 3 is 2.91 bits per heavy atom. The Balaban J connectivity index is 1.53. The molecule has 0 spiro atoms. The molecule has 0 aromatic carbocycles. The van der Waals surface area contributed by atoms with E-state index in [1.54, 1.807) is 12.1 Å². The van der Waals surface area contributed by atoms with E-state index in [0.29, 0.717) is 36.4 Å². The minimum atomic E-state index is -0.522. The number of nitro groups is 1. The van der Waals surface area contributed by atoms with Crippen molar-refractivity contribution in [3.63, 3.8) is 0 Å². The van der Waals surface area contributed by atoms with Gasteiger partial charge in [-0.05, 0) is 23.3 Å². The Hall–Kier alpha value is -2.71. The number of aromatic nitrogens is 3. The van der Waals surface area contributed by atoms with Crippen LogP contribution in [0.1, 0.15) is 19.8 Å². The van der Waals surface area contributed by atoms with Crippen LogP contribution in [-0.4, -0.2) is 49.0 Å². The van der Waals surface area contributed by atoms with Crippen LogP contribution in [0.25, 0.3) is 5.65 Å². The highest BCUT2D eigenvalue weighted by Gasteiger charge is 2.44. The molecule has 0 bridgehead atoms. The number of nitrogens with one attached hydrogen (secondary N) is 1. The van der Waals surface area contributed by atoms with Crippen molar-refractivity contribution in [2.75, 3.05) is 11.9 Å². The maximum Gasteiger partial charge on any atom is 0.368 e. The standard InChI is InChI=1S/C14H16N6O3/c1-8-4-10(8)18-7-9(5-14(18)21)16-11-2-3-12-15-6-13(20(22)23)19(12)17-11/h2-3,6,8-10H,4-5,7H2,1H3,(H,16,17). The average molecular weight is 316 g/mol. The van der Waals surface area contributed by atoms with E-state index in [1.807, 2.05) is 4.90 Å². The van der Waals surface area contributed by atoms with Gasteiger partial charge in [-0.2, -0.15) is 0 Å². The molecule has 1 saturated heterocycles. The third kappa shape index (κ3) is 2.37. The van der Waals surface area contributed by atoms with Crippen molar-refractivity contribution in [1.29, 1.82) is 0 Å². The molecule has 1 saturated carbocycles. The van der Waals surface area contributed by atoms with Crippen LogP contribution in [0.15, 0.2) is 18.3 Å². The quantitative estimate of drug-likeness (QED) is 0.668. The van der Waals surface area contributed by atoms with Gasteiger partial charge in [-0.15, -0.1) is 0 Å². The molecule has 3 unspecified atom stereocenters. The predicted octanol–water partition coefficient (Wildman–Crippen LogP) is 1.06. The SMILES string of the molecule is CC1CC1N1CC(Nc2ccc3ncc([N+](=O)[O-])n3n2)CC1=O. The number of carbonyl (C=O) groups excluding carboxylic acids is 1. The summed E-state index contributed by atoms with van der Waals surface area (Å²) in [5, 5.41) is 18.4. The van der Waals surface area contributed by atoms with Crippen LogP contribution in [0, 0.1) is 16.0 Å². The van der Waals surface area contributed by atoms with Crippen molar-refractivity contribution in [2.24, 2.45) is 5.92 Å². The van der Waals surface area contributed by atoms with Gasteiger partial charge >= 0.3 is 5.82 Å². The summed E-state index contributed by atoms with van der Waals surface area (Å²) in [6, 6.07) is 3.74. The molecule has 23 heavy (non-hydrogen) atoms. The molecule has 1 aliphatic heterocycles. The van der Waals surface area contributed by atoms with Gasteiger partial charge in [0.05, 0.1) is 6.04 Å². The smallest absolute Gasteiger partial charge is 0.362 e. The second kappa shape index (κ2) is 4.90. The predicted molar refractivity (Wildman–Crippen MR) is 81.0 cm³/mol. The van der Waals surface area contributed by atoms with Gasteiger partial charge in [-0.3, -0.25) is 4.79 Å². The van der Waals surface area contributed by atoms with Crippen molar-refractivity contribution >= 4 is 23.2 Å². The fraction of sp³-hybridized carbons (Fsp3) is 0.500. The Kier molecular flexibility index (Phi) is 2.97. The topological polar surface area (TPSA) is 106 Å². The Morgan fingerprint density at radius 1 is 1.43 bits per heavy atom. The normalized spacial score (nSPS) is 26.7. The van der Waals surface area contributed by atoms with Gasteiger partial charge in [0.15, 0.2) is 5.82 Å². The van der Waals surface area contributed by atoms with E-state index in [1.165, 1.54) is 10.7 Å². The van der Waals surface area contributed by atoms with E-state index >= 15 is 0 Å². The van der Waals surface area contributed by atoms with E-state index in [-0.39, 0.29) is 17.8 Å². The molecule has 1 N–H and O–H groups in total. The zero-order valence-electron chi connectivity index (χ0n) is 12.5. The molecule has 120 valence electrons. The second-order valence-corrected chi connectivity index (χ2v) is 6.23. The highest BCUT2D eigenvalue weighted by Crippen LogP contribution is 2.37. The lowest BCUT2D eigenvalue weighted by Crippen LogP contribution is -2.30. The molecular weight excluding hydrogens is 300 g/mol. The summed E-state index contributed by atoms with van der Waals surface area (Å²) in [5.74, 6) is 1.06. The summed E-state index contributed by atoms with van der Waals surface area (Å²) in [6.45, 7) is 2.80. The van der Waals surface area contributed by atoms with Gasteiger partial charge in [0.1, 0.15) is 6.20 Å². The van der Waals surface area contributed by atoms with Crippen LogP contribution in [-0.2, 0) is 4.79 Å². The number of hydrogen-bond donors (Lipinski definition) is 1. The highest BCUT2D eigenvalue weighted by atomic mass is 16.6.